The molecule has 0 aliphatic rings. The molecule has 0 amide bonds. The van der Waals surface area contributed by atoms with Crippen LogP contribution in [0.2, 0.25) is 0 Å². The van der Waals surface area contributed by atoms with Crippen molar-refractivity contribution in [2.45, 2.75) is 13.5 Å². The monoisotopic (exact) mass is 341 g/mol. The van der Waals surface area contributed by atoms with E-state index in [9.17, 15) is 0 Å². The summed E-state index contributed by atoms with van der Waals surface area (Å²) in [6, 6.07) is 9.21. The third-order valence-electron chi connectivity index (χ3n) is 3.57. The fraction of sp³-hybridized carbons (Fsp3) is 0.211. The Labute approximate surface area is 145 Å². The molecule has 0 saturated carbocycles. The summed E-state index contributed by atoms with van der Waals surface area (Å²) < 4.78 is 27.1. The molecule has 25 heavy (non-hydrogen) atoms. The van der Waals surface area contributed by atoms with Crippen LogP contribution in [-0.2, 0) is 11.3 Å². The van der Waals surface area contributed by atoms with Crippen LogP contribution in [0.3, 0.4) is 0 Å². The van der Waals surface area contributed by atoms with E-state index >= 15 is 0 Å². The van der Waals surface area contributed by atoms with E-state index in [4.69, 9.17) is 23.0 Å². The Kier molecular flexibility index (Phi) is 5.09. The van der Waals surface area contributed by atoms with Gasteiger partial charge in [0, 0.05) is 0 Å². The number of benzene rings is 1. The van der Waals surface area contributed by atoms with Crippen LogP contribution in [0.4, 0.5) is 0 Å². The second-order valence-electron chi connectivity index (χ2n) is 5.24. The summed E-state index contributed by atoms with van der Waals surface area (Å²) in [4.78, 5) is 4.43. The minimum Gasteiger partial charge on any atom is -0.504 e. The Hall–Kier alpha value is -3.15. The van der Waals surface area contributed by atoms with E-state index < -0.39 is 0 Å². The summed E-state index contributed by atoms with van der Waals surface area (Å²) in [5, 5.41) is 0. The molecule has 0 unspecified atom stereocenters. The van der Waals surface area contributed by atoms with Gasteiger partial charge < -0.3 is 23.0 Å². The minimum absolute atomic E-state index is 0.264. The van der Waals surface area contributed by atoms with E-state index in [0.717, 1.165) is 5.56 Å². The molecular formula is C19H19NO5. The van der Waals surface area contributed by atoms with E-state index in [0.29, 0.717) is 34.6 Å². The molecule has 0 saturated heterocycles. The second kappa shape index (κ2) is 7.61. The molecule has 130 valence electrons. The van der Waals surface area contributed by atoms with Crippen molar-refractivity contribution in [2.75, 3.05) is 14.2 Å². The molecule has 3 aromatic rings. The molecule has 0 spiro atoms. The Morgan fingerprint density at radius 1 is 1.16 bits per heavy atom. The predicted molar refractivity (Wildman–Crippen MR) is 92.3 cm³/mol. The molecule has 0 radical (unpaired) electrons. The Bertz CT molecular complexity index is 849. The molecule has 0 atom stereocenters. The number of aromatic nitrogens is 1. The minimum atomic E-state index is 0.264. The first kappa shape index (κ1) is 16.7. The lowest BCUT2D eigenvalue weighted by molar-refractivity contribution is 0.279. The SMILES string of the molecule is COC=Cc1ccc(OCc2nc(-c3ccco3)oc2C)c(OC)c1. The molecule has 0 N–H and O–H groups in total. The number of furan rings is 1. The first-order chi connectivity index (χ1) is 12.2. The van der Waals surface area contributed by atoms with Gasteiger partial charge in [0.15, 0.2) is 17.3 Å². The van der Waals surface area contributed by atoms with Crippen molar-refractivity contribution >= 4 is 6.08 Å². The van der Waals surface area contributed by atoms with Crippen LogP contribution in [0, 0.1) is 6.92 Å². The molecule has 2 aromatic heterocycles. The molecular weight excluding hydrogens is 322 g/mol. The number of oxazole rings is 1. The van der Waals surface area contributed by atoms with Gasteiger partial charge in [0.2, 0.25) is 0 Å². The first-order valence-electron chi connectivity index (χ1n) is 7.71. The number of aryl methyl sites for hydroxylation is 1. The molecule has 3 rings (SSSR count). The number of rotatable bonds is 7. The van der Waals surface area contributed by atoms with Gasteiger partial charge in [-0.15, -0.1) is 0 Å². The van der Waals surface area contributed by atoms with Gasteiger partial charge in [-0.05, 0) is 42.8 Å². The standard InChI is InChI=1S/C19H19NO5/c1-13-15(20-19(25-13)17-5-4-9-23-17)12-24-16-7-6-14(8-10-21-2)11-18(16)22-3/h4-11H,12H2,1-3H3. The summed E-state index contributed by atoms with van der Waals surface area (Å²) in [5.41, 5.74) is 1.65. The fourth-order valence-corrected chi connectivity index (χ4v) is 2.27. The van der Waals surface area contributed by atoms with Crippen LogP contribution in [0.25, 0.3) is 17.7 Å². The topological polar surface area (TPSA) is 66.9 Å². The van der Waals surface area contributed by atoms with Gasteiger partial charge in [-0.2, -0.15) is 0 Å². The zero-order valence-electron chi connectivity index (χ0n) is 14.3. The number of hydrogen-bond donors (Lipinski definition) is 0. The van der Waals surface area contributed by atoms with E-state index in [1.54, 1.807) is 38.9 Å². The van der Waals surface area contributed by atoms with Crippen LogP contribution < -0.4 is 9.47 Å². The molecule has 0 fully saturated rings. The number of hydrogen-bond acceptors (Lipinski definition) is 6. The zero-order valence-corrected chi connectivity index (χ0v) is 14.3. The molecule has 6 nitrogen and oxygen atoms in total. The second-order valence-corrected chi connectivity index (χ2v) is 5.24. The van der Waals surface area contributed by atoms with Crippen molar-refractivity contribution in [3.63, 3.8) is 0 Å². The third-order valence-corrected chi connectivity index (χ3v) is 3.57. The van der Waals surface area contributed by atoms with Crippen LogP contribution in [-0.4, -0.2) is 19.2 Å². The highest BCUT2D eigenvalue weighted by molar-refractivity contribution is 5.55. The van der Waals surface area contributed by atoms with Crippen molar-refractivity contribution in [1.82, 2.24) is 4.98 Å². The number of nitrogens with zero attached hydrogens (tertiary/aromatic N) is 1. The van der Waals surface area contributed by atoms with Crippen molar-refractivity contribution in [2.24, 2.45) is 0 Å². The molecule has 0 bridgehead atoms. The predicted octanol–water partition coefficient (Wildman–Crippen LogP) is 4.45. The van der Waals surface area contributed by atoms with Crippen molar-refractivity contribution in [3.8, 4) is 23.1 Å². The number of ether oxygens (including phenoxy) is 3. The van der Waals surface area contributed by atoms with Gasteiger partial charge in [-0.1, -0.05) is 6.07 Å². The summed E-state index contributed by atoms with van der Waals surface area (Å²) in [6.45, 7) is 2.10. The van der Waals surface area contributed by atoms with Crippen LogP contribution in [0.1, 0.15) is 17.0 Å². The van der Waals surface area contributed by atoms with Crippen LogP contribution in [0.15, 0.2) is 51.7 Å². The smallest absolute Gasteiger partial charge is 0.263 e. The molecule has 1 aromatic carbocycles. The van der Waals surface area contributed by atoms with Gasteiger partial charge in [-0.25, -0.2) is 4.98 Å². The van der Waals surface area contributed by atoms with E-state index in [1.807, 2.05) is 31.2 Å². The normalized spacial score (nSPS) is 11.0. The van der Waals surface area contributed by atoms with Crippen molar-refractivity contribution < 1.29 is 23.0 Å². The van der Waals surface area contributed by atoms with Gasteiger partial charge >= 0.3 is 0 Å². The van der Waals surface area contributed by atoms with Gasteiger partial charge in [-0.3, -0.25) is 0 Å². The summed E-state index contributed by atoms with van der Waals surface area (Å²) in [7, 11) is 3.20. The van der Waals surface area contributed by atoms with Crippen LogP contribution >= 0.6 is 0 Å². The number of methoxy groups -OCH3 is 2. The molecule has 6 heteroatoms. The van der Waals surface area contributed by atoms with Crippen molar-refractivity contribution in [1.29, 1.82) is 0 Å². The maximum atomic E-state index is 5.85. The largest absolute Gasteiger partial charge is 0.504 e. The van der Waals surface area contributed by atoms with Gasteiger partial charge in [0.05, 0.1) is 26.7 Å². The van der Waals surface area contributed by atoms with E-state index in [2.05, 4.69) is 4.98 Å². The van der Waals surface area contributed by atoms with Crippen LogP contribution in [0.5, 0.6) is 11.5 Å². The fourth-order valence-electron chi connectivity index (χ4n) is 2.27. The summed E-state index contributed by atoms with van der Waals surface area (Å²) in [5.74, 6) is 2.96. The maximum absolute atomic E-state index is 5.85. The van der Waals surface area contributed by atoms with E-state index in [1.165, 1.54) is 0 Å². The highest BCUT2D eigenvalue weighted by atomic mass is 16.5. The van der Waals surface area contributed by atoms with Crippen molar-refractivity contribution in [3.05, 3.63) is 59.9 Å². The Balaban J connectivity index is 1.74. The zero-order chi connectivity index (χ0) is 17.6. The lowest BCUT2D eigenvalue weighted by atomic mass is 10.2. The van der Waals surface area contributed by atoms with Gasteiger partial charge in [0.25, 0.3) is 5.89 Å². The lowest BCUT2D eigenvalue weighted by Gasteiger charge is -2.10. The Morgan fingerprint density at radius 3 is 2.76 bits per heavy atom. The molecule has 0 aliphatic carbocycles. The Morgan fingerprint density at radius 2 is 2.04 bits per heavy atom. The lowest BCUT2D eigenvalue weighted by Crippen LogP contribution is -1.99. The summed E-state index contributed by atoms with van der Waals surface area (Å²) >= 11 is 0. The quantitative estimate of drug-likeness (QED) is 0.592. The molecule has 0 aliphatic heterocycles. The summed E-state index contributed by atoms with van der Waals surface area (Å²) in [6.07, 6.45) is 5.02. The first-order valence-corrected chi connectivity index (χ1v) is 7.71. The third kappa shape index (κ3) is 3.85. The molecule has 2 heterocycles. The average Bonchev–Trinajstić information content (AvgIpc) is 3.28. The highest BCUT2D eigenvalue weighted by Gasteiger charge is 2.15. The average molecular weight is 341 g/mol. The highest BCUT2D eigenvalue weighted by Crippen LogP contribution is 2.30. The maximum Gasteiger partial charge on any atom is 0.263 e. The van der Waals surface area contributed by atoms with E-state index in [-0.39, 0.29) is 6.61 Å². The van der Waals surface area contributed by atoms with Gasteiger partial charge in [0.1, 0.15) is 18.1 Å².